The van der Waals surface area contributed by atoms with Crippen LogP contribution < -0.4 is 11.1 Å². The number of nitrogens with zero attached hydrogens (tertiary/aromatic N) is 1. The highest BCUT2D eigenvalue weighted by molar-refractivity contribution is 5.96. The number of nitrogens with one attached hydrogen (secondary N) is 2. The smallest absolute Gasteiger partial charge is 0.326 e. The van der Waals surface area contributed by atoms with E-state index < -0.39 is 17.9 Å². The van der Waals surface area contributed by atoms with Crippen LogP contribution in [0.3, 0.4) is 0 Å². The monoisotopic (exact) mass is 398 g/mol. The molecule has 1 atom stereocenters. The number of benzene rings is 2. The van der Waals surface area contributed by atoms with Crippen molar-refractivity contribution in [2.75, 3.05) is 5.73 Å². The molecule has 0 spiro atoms. The summed E-state index contributed by atoms with van der Waals surface area (Å²) in [4.78, 5) is 30.5. The summed E-state index contributed by atoms with van der Waals surface area (Å²) in [5.41, 5.74) is 8.75. The number of carbonyl (C=O) groups is 2. The minimum atomic E-state index is -1.13. The highest BCUT2D eigenvalue weighted by atomic mass is 16.4. The number of carboxylic acid groups (broad SMARTS) is 1. The van der Waals surface area contributed by atoms with Crippen molar-refractivity contribution in [3.05, 3.63) is 83.4 Å². The maximum atomic E-state index is 12.4. The van der Waals surface area contributed by atoms with Gasteiger partial charge in [0.15, 0.2) is 0 Å². The van der Waals surface area contributed by atoms with Gasteiger partial charge in [-0.25, -0.2) is 9.78 Å². The molecule has 3 rings (SSSR count). The number of amides is 1. The second kappa shape index (κ2) is 9.63. The fourth-order valence-corrected chi connectivity index (χ4v) is 2.59. The summed E-state index contributed by atoms with van der Waals surface area (Å²) in [5, 5.41) is 11.9. The Balaban J connectivity index is 1.62. The second-order valence-corrected chi connectivity index (χ2v) is 6.35. The first-order chi connectivity index (χ1) is 14.5. The number of aliphatic carboxylic acids is 1. The zero-order chi connectivity index (χ0) is 21.3. The summed E-state index contributed by atoms with van der Waals surface area (Å²) in [6.45, 7) is 0. The molecule has 0 saturated heterocycles. The molecule has 0 radical (unpaired) electrons. The van der Waals surface area contributed by atoms with Gasteiger partial charge in [-0.05, 0) is 54.3 Å². The Bertz CT molecular complexity index is 1160. The topological polar surface area (TPSA) is 121 Å². The van der Waals surface area contributed by atoms with Crippen molar-refractivity contribution in [1.29, 1.82) is 0 Å². The fraction of sp³-hybridized carbons (Fsp3) is 0.0870. The largest absolute Gasteiger partial charge is 0.480 e. The van der Waals surface area contributed by atoms with Crippen molar-refractivity contribution in [3.63, 3.8) is 0 Å². The number of carboxylic acids is 1. The maximum absolute atomic E-state index is 12.4. The van der Waals surface area contributed by atoms with Crippen LogP contribution in [-0.4, -0.2) is 33.0 Å². The first kappa shape index (κ1) is 20.2. The number of aromatic amines is 1. The van der Waals surface area contributed by atoms with Crippen molar-refractivity contribution in [1.82, 2.24) is 15.3 Å². The van der Waals surface area contributed by atoms with E-state index in [0.717, 1.165) is 5.56 Å². The lowest BCUT2D eigenvalue weighted by atomic mass is 10.1. The average Bonchev–Trinajstić information content (AvgIpc) is 3.24. The van der Waals surface area contributed by atoms with E-state index >= 15 is 0 Å². The van der Waals surface area contributed by atoms with E-state index in [1.165, 1.54) is 12.5 Å². The molecule has 1 aromatic heterocycles. The van der Waals surface area contributed by atoms with E-state index in [1.807, 2.05) is 12.1 Å². The molecule has 1 heterocycles. The Morgan fingerprint density at radius 2 is 1.83 bits per heavy atom. The lowest BCUT2D eigenvalue weighted by molar-refractivity contribution is -0.139. The molecular formula is C23H18N4O3. The zero-order valence-corrected chi connectivity index (χ0v) is 15.8. The Labute approximate surface area is 173 Å². The molecule has 148 valence electrons. The van der Waals surface area contributed by atoms with Crippen LogP contribution in [0.15, 0.2) is 61.1 Å². The molecule has 1 amide bonds. The predicted octanol–water partition coefficient (Wildman–Crippen LogP) is 1.82. The molecular weight excluding hydrogens is 380 g/mol. The van der Waals surface area contributed by atoms with Crippen LogP contribution >= 0.6 is 0 Å². The third kappa shape index (κ3) is 5.75. The number of nitrogens with two attached hydrogens (primary N) is 1. The second-order valence-electron chi connectivity index (χ2n) is 6.35. The summed E-state index contributed by atoms with van der Waals surface area (Å²) in [6, 6.07) is 12.7. The first-order valence-corrected chi connectivity index (χ1v) is 9.00. The number of imidazole rings is 1. The molecule has 0 bridgehead atoms. The zero-order valence-electron chi connectivity index (χ0n) is 15.8. The molecule has 2 aromatic carbocycles. The van der Waals surface area contributed by atoms with Crippen molar-refractivity contribution < 1.29 is 14.7 Å². The highest BCUT2D eigenvalue weighted by Crippen LogP contribution is 2.06. The van der Waals surface area contributed by atoms with E-state index in [-0.39, 0.29) is 6.42 Å². The van der Waals surface area contributed by atoms with E-state index in [4.69, 9.17) is 5.73 Å². The van der Waals surface area contributed by atoms with Gasteiger partial charge >= 0.3 is 5.97 Å². The van der Waals surface area contributed by atoms with E-state index in [1.54, 1.807) is 36.4 Å². The van der Waals surface area contributed by atoms with Gasteiger partial charge < -0.3 is 21.1 Å². The van der Waals surface area contributed by atoms with Crippen LogP contribution in [0.25, 0.3) is 0 Å². The van der Waals surface area contributed by atoms with E-state index in [9.17, 15) is 14.7 Å². The molecule has 7 heteroatoms. The standard InChI is InChI=1S/C23H18N4O3/c24-19-7-3-6-17(12-19)5-2-1-4-16-8-10-18(11-9-16)22(28)27-21(23(29)30)13-20-14-25-15-26-20/h3,6-12,14-15,21H,13,24H2,(H,25,26)(H,27,28)(H,29,30)/t21-/m0/s1. The van der Waals surface area contributed by atoms with Gasteiger partial charge in [-0.2, -0.15) is 0 Å². The van der Waals surface area contributed by atoms with Gasteiger partial charge in [0.05, 0.1) is 6.33 Å². The van der Waals surface area contributed by atoms with Crippen LogP contribution in [-0.2, 0) is 11.2 Å². The van der Waals surface area contributed by atoms with Crippen molar-refractivity contribution in [2.45, 2.75) is 12.5 Å². The quantitative estimate of drug-likeness (QED) is 0.386. The molecule has 7 nitrogen and oxygen atoms in total. The molecule has 5 N–H and O–H groups in total. The third-order valence-corrected chi connectivity index (χ3v) is 4.09. The number of hydrogen-bond acceptors (Lipinski definition) is 4. The predicted molar refractivity (Wildman–Crippen MR) is 112 cm³/mol. The molecule has 0 unspecified atom stereocenters. The minimum absolute atomic E-state index is 0.108. The Kier molecular flexibility index (Phi) is 6.50. The van der Waals surface area contributed by atoms with Crippen LogP contribution in [0, 0.1) is 23.7 Å². The first-order valence-electron chi connectivity index (χ1n) is 9.00. The van der Waals surface area contributed by atoms with Gasteiger partial charge in [0.2, 0.25) is 0 Å². The number of nitrogen functional groups attached to an aromatic ring is 1. The number of H-pyrrole nitrogens is 1. The summed E-state index contributed by atoms with van der Waals surface area (Å²) in [7, 11) is 0. The van der Waals surface area contributed by atoms with Gasteiger partial charge in [0.1, 0.15) is 6.04 Å². The number of anilines is 1. The van der Waals surface area contributed by atoms with Gasteiger partial charge in [-0.15, -0.1) is 0 Å². The molecule has 0 fully saturated rings. The average molecular weight is 398 g/mol. The molecule has 3 aromatic rings. The highest BCUT2D eigenvalue weighted by Gasteiger charge is 2.21. The molecule has 0 aliphatic rings. The number of aromatic nitrogens is 2. The normalized spacial score (nSPS) is 10.7. The van der Waals surface area contributed by atoms with Gasteiger partial charge in [-0.1, -0.05) is 17.9 Å². The van der Waals surface area contributed by atoms with Gasteiger partial charge in [0.25, 0.3) is 5.91 Å². The van der Waals surface area contributed by atoms with E-state index in [0.29, 0.717) is 22.5 Å². The molecule has 0 aliphatic heterocycles. The number of hydrogen-bond donors (Lipinski definition) is 4. The molecule has 0 aliphatic carbocycles. The lowest BCUT2D eigenvalue weighted by Crippen LogP contribution is -2.42. The fourth-order valence-electron chi connectivity index (χ4n) is 2.59. The molecule has 30 heavy (non-hydrogen) atoms. The summed E-state index contributed by atoms with van der Waals surface area (Å²) >= 11 is 0. The Morgan fingerprint density at radius 3 is 2.47 bits per heavy atom. The van der Waals surface area contributed by atoms with Crippen molar-refractivity contribution in [2.24, 2.45) is 0 Å². The van der Waals surface area contributed by atoms with Crippen molar-refractivity contribution >= 4 is 17.6 Å². The lowest BCUT2D eigenvalue weighted by Gasteiger charge is -2.13. The Hall–Kier alpha value is -4.49. The summed E-state index contributed by atoms with van der Waals surface area (Å²) in [6.07, 6.45) is 3.08. The van der Waals surface area contributed by atoms with Crippen LogP contribution in [0.4, 0.5) is 5.69 Å². The SMILES string of the molecule is Nc1cccc(C#CC#Cc2ccc(C(=O)N[C@@H](Cc3cnc[nH]3)C(=O)O)cc2)c1. The maximum Gasteiger partial charge on any atom is 0.326 e. The van der Waals surface area contributed by atoms with E-state index in [2.05, 4.69) is 39.0 Å². The molecule has 0 saturated carbocycles. The number of carbonyl (C=O) groups excluding carboxylic acids is 1. The van der Waals surface area contributed by atoms with Gasteiger partial charge in [0, 0.05) is 40.7 Å². The summed E-state index contributed by atoms with van der Waals surface area (Å²) < 4.78 is 0. The van der Waals surface area contributed by atoms with Gasteiger partial charge in [-0.3, -0.25) is 4.79 Å². The van der Waals surface area contributed by atoms with Crippen LogP contribution in [0.5, 0.6) is 0 Å². The minimum Gasteiger partial charge on any atom is -0.480 e. The summed E-state index contributed by atoms with van der Waals surface area (Å²) in [5.74, 6) is 9.69. The van der Waals surface area contributed by atoms with Crippen LogP contribution in [0.1, 0.15) is 27.2 Å². The Morgan fingerprint density at radius 1 is 1.10 bits per heavy atom. The van der Waals surface area contributed by atoms with Crippen LogP contribution in [0.2, 0.25) is 0 Å². The van der Waals surface area contributed by atoms with Crippen molar-refractivity contribution in [3.8, 4) is 23.7 Å². The third-order valence-electron chi connectivity index (χ3n) is 4.09. The number of rotatable bonds is 5.